The van der Waals surface area contributed by atoms with Crippen molar-refractivity contribution in [2.75, 3.05) is 30.9 Å². The molecule has 0 radical (unpaired) electrons. The quantitative estimate of drug-likeness (QED) is 0.908. The molecule has 1 aliphatic heterocycles. The summed E-state index contributed by atoms with van der Waals surface area (Å²) in [5.41, 5.74) is 4.23. The maximum absolute atomic E-state index is 12.1. The normalized spacial score (nSPS) is 15.4. The van der Waals surface area contributed by atoms with Gasteiger partial charge in [0.05, 0.1) is 6.54 Å². The summed E-state index contributed by atoms with van der Waals surface area (Å²) in [7, 11) is 4.00. The number of carbonyl (C=O) groups is 1. The highest BCUT2D eigenvalue weighted by molar-refractivity contribution is 5.89. The number of hydrogen-bond acceptors (Lipinski definition) is 3. The largest absolute Gasteiger partial charge is 0.488 e. The summed E-state index contributed by atoms with van der Waals surface area (Å²) in [5.74, 6) is 0.916. The molecule has 1 atom stereocenters. The Bertz CT molecular complexity index is 718. The number of nitrogens with zero attached hydrogens (tertiary/aromatic N) is 1. The highest BCUT2D eigenvalue weighted by Gasteiger charge is 2.22. The first-order chi connectivity index (χ1) is 11.5. The van der Waals surface area contributed by atoms with Crippen LogP contribution in [0.4, 0.5) is 16.2 Å². The van der Waals surface area contributed by atoms with Crippen molar-refractivity contribution in [1.29, 1.82) is 0 Å². The van der Waals surface area contributed by atoms with Crippen LogP contribution in [0.5, 0.6) is 5.75 Å². The van der Waals surface area contributed by atoms with E-state index >= 15 is 0 Å². The number of para-hydroxylation sites is 1. The van der Waals surface area contributed by atoms with Crippen LogP contribution in [0, 0.1) is 6.92 Å². The van der Waals surface area contributed by atoms with Gasteiger partial charge in [0.25, 0.3) is 0 Å². The fraction of sp³-hybridized carbons (Fsp3) is 0.316. The van der Waals surface area contributed by atoms with E-state index in [0.717, 1.165) is 29.1 Å². The van der Waals surface area contributed by atoms with Crippen LogP contribution in [0.3, 0.4) is 0 Å². The van der Waals surface area contributed by atoms with E-state index in [1.807, 2.05) is 62.3 Å². The fourth-order valence-corrected chi connectivity index (χ4v) is 2.98. The molecule has 3 rings (SSSR count). The monoisotopic (exact) mass is 325 g/mol. The van der Waals surface area contributed by atoms with Crippen molar-refractivity contribution in [1.82, 2.24) is 5.32 Å². The molecular formula is C19H23N3O2. The number of amides is 2. The number of benzene rings is 2. The van der Waals surface area contributed by atoms with Gasteiger partial charge < -0.3 is 20.3 Å². The summed E-state index contributed by atoms with van der Waals surface area (Å²) < 4.78 is 5.82. The van der Waals surface area contributed by atoms with Gasteiger partial charge in [-0.15, -0.1) is 0 Å². The van der Waals surface area contributed by atoms with Gasteiger partial charge in [-0.05, 0) is 42.3 Å². The van der Waals surface area contributed by atoms with Crippen molar-refractivity contribution < 1.29 is 9.53 Å². The number of aryl methyl sites for hydroxylation is 1. The molecule has 1 unspecified atom stereocenters. The summed E-state index contributed by atoms with van der Waals surface area (Å²) in [6.45, 7) is 2.51. The minimum absolute atomic E-state index is 0.00833. The topological polar surface area (TPSA) is 53.6 Å². The number of rotatable bonds is 4. The average Bonchev–Trinajstić information content (AvgIpc) is 2.95. The van der Waals surface area contributed by atoms with Crippen LogP contribution in [0.1, 0.15) is 11.1 Å². The van der Waals surface area contributed by atoms with Crippen molar-refractivity contribution in [3.8, 4) is 5.75 Å². The van der Waals surface area contributed by atoms with Gasteiger partial charge in [-0.25, -0.2) is 4.79 Å². The molecule has 5 heteroatoms. The van der Waals surface area contributed by atoms with Crippen LogP contribution >= 0.6 is 0 Å². The molecule has 24 heavy (non-hydrogen) atoms. The molecule has 2 aromatic carbocycles. The first-order valence-corrected chi connectivity index (χ1v) is 8.10. The van der Waals surface area contributed by atoms with Crippen LogP contribution in [-0.2, 0) is 6.42 Å². The van der Waals surface area contributed by atoms with Crippen molar-refractivity contribution in [3.05, 3.63) is 53.6 Å². The Labute approximate surface area is 142 Å². The van der Waals surface area contributed by atoms with Crippen LogP contribution in [-0.4, -0.2) is 32.8 Å². The molecule has 2 N–H and O–H groups in total. The Morgan fingerprint density at radius 2 is 2.04 bits per heavy atom. The lowest BCUT2D eigenvalue weighted by Crippen LogP contribution is -2.37. The number of hydrogen-bond donors (Lipinski definition) is 2. The maximum Gasteiger partial charge on any atom is 0.319 e. The molecule has 1 aliphatic rings. The molecule has 0 aromatic heterocycles. The Morgan fingerprint density at radius 1 is 1.25 bits per heavy atom. The summed E-state index contributed by atoms with van der Waals surface area (Å²) in [4.78, 5) is 14.1. The third kappa shape index (κ3) is 3.62. The zero-order valence-corrected chi connectivity index (χ0v) is 14.3. The molecule has 2 aromatic rings. The van der Waals surface area contributed by atoms with Crippen LogP contribution in [0.2, 0.25) is 0 Å². The minimum Gasteiger partial charge on any atom is -0.488 e. The molecule has 0 fully saturated rings. The minimum atomic E-state index is -0.216. The smallest absolute Gasteiger partial charge is 0.319 e. The number of carbonyl (C=O) groups excluding carboxylic acids is 1. The highest BCUT2D eigenvalue weighted by atomic mass is 16.5. The van der Waals surface area contributed by atoms with Crippen molar-refractivity contribution in [3.63, 3.8) is 0 Å². The number of nitrogens with one attached hydrogen (secondary N) is 2. The van der Waals surface area contributed by atoms with Gasteiger partial charge in [-0.1, -0.05) is 18.2 Å². The zero-order chi connectivity index (χ0) is 17.1. The van der Waals surface area contributed by atoms with Crippen molar-refractivity contribution >= 4 is 17.4 Å². The second-order valence-electron chi connectivity index (χ2n) is 6.28. The number of anilines is 2. The standard InChI is InChI=1S/C19H23N3O2/c1-13-10-15(8-9-17(13)22(2)3)21-19(23)20-12-16-11-14-6-4-5-7-18(14)24-16/h4-10,16H,11-12H2,1-3H3,(H2,20,21,23). The summed E-state index contributed by atoms with van der Waals surface area (Å²) in [6.07, 6.45) is 0.818. The number of ether oxygens (including phenoxy) is 1. The van der Waals surface area contributed by atoms with Crippen molar-refractivity contribution in [2.45, 2.75) is 19.4 Å². The fourth-order valence-electron chi connectivity index (χ4n) is 2.98. The van der Waals surface area contributed by atoms with Crippen LogP contribution in [0.25, 0.3) is 0 Å². The molecular weight excluding hydrogens is 302 g/mol. The zero-order valence-electron chi connectivity index (χ0n) is 14.3. The molecule has 1 heterocycles. The molecule has 2 amide bonds. The predicted molar refractivity (Wildman–Crippen MR) is 97.1 cm³/mol. The molecule has 126 valence electrons. The lowest BCUT2D eigenvalue weighted by molar-refractivity contribution is 0.219. The Balaban J connectivity index is 1.51. The highest BCUT2D eigenvalue weighted by Crippen LogP contribution is 2.27. The first-order valence-electron chi connectivity index (χ1n) is 8.10. The number of urea groups is 1. The molecule has 5 nitrogen and oxygen atoms in total. The van der Waals surface area contributed by atoms with E-state index in [2.05, 4.69) is 16.7 Å². The van der Waals surface area contributed by atoms with Crippen molar-refractivity contribution in [2.24, 2.45) is 0 Å². The Morgan fingerprint density at radius 3 is 2.75 bits per heavy atom. The summed E-state index contributed by atoms with van der Waals surface area (Å²) in [5, 5.41) is 5.75. The van der Waals surface area contributed by atoms with Gasteiger partial charge in [-0.2, -0.15) is 0 Å². The molecule has 0 saturated carbocycles. The molecule has 0 saturated heterocycles. The Hall–Kier alpha value is -2.69. The summed E-state index contributed by atoms with van der Waals surface area (Å²) in [6, 6.07) is 13.6. The second kappa shape index (κ2) is 6.83. The van der Waals surface area contributed by atoms with Gasteiger partial charge in [0.2, 0.25) is 0 Å². The van der Waals surface area contributed by atoms with Gasteiger partial charge in [0.15, 0.2) is 0 Å². The molecule has 0 bridgehead atoms. The van der Waals surface area contributed by atoms with E-state index in [0.29, 0.717) is 6.54 Å². The number of fused-ring (bicyclic) bond motifs is 1. The van der Waals surface area contributed by atoms with E-state index < -0.39 is 0 Å². The van der Waals surface area contributed by atoms with Crippen LogP contribution < -0.4 is 20.3 Å². The second-order valence-corrected chi connectivity index (χ2v) is 6.28. The lowest BCUT2D eigenvalue weighted by Gasteiger charge is -2.17. The van der Waals surface area contributed by atoms with Crippen LogP contribution in [0.15, 0.2) is 42.5 Å². The van der Waals surface area contributed by atoms with E-state index in [4.69, 9.17) is 4.74 Å². The molecule has 0 spiro atoms. The van der Waals surface area contributed by atoms with Gasteiger partial charge in [0.1, 0.15) is 11.9 Å². The van der Waals surface area contributed by atoms with Gasteiger partial charge in [-0.3, -0.25) is 0 Å². The lowest BCUT2D eigenvalue weighted by atomic mass is 10.1. The van der Waals surface area contributed by atoms with Gasteiger partial charge in [0, 0.05) is 31.9 Å². The predicted octanol–water partition coefficient (Wildman–Crippen LogP) is 3.19. The SMILES string of the molecule is Cc1cc(NC(=O)NCC2Cc3ccccc3O2)ccc1N(C)C. The maximum atomic E-state index is 12.1. The Kier molecular flexibility index (Phi) is 4.60. The molecule has 0 aliphatic carbocycles. The summed E-state index contributed by atoms with van der Waals surface area (Å²) >= 11 is 0. The van der Waals surface area contributed by atoms with E-state index in [-0.39, 0.29) is 12.1 Å². The third-order valence-corrected chi connectivity index (χ3v) is 4.14. The van der Waals surface area contributed by atoms with Gasteiger partial charge >= 0.3 is 6.03 Å². The third-order valence-electron chi connectivity index (χ3n) is 4.14. The van der Waals surface area contributed by atoms with E-state index in [9.17, 15) is 4.79 Å². The average molecular weight is 325 g/mol. The van der Waals surface area contributed by atoms with E-state index in [1.54, 1.807) is 0 Å². The first kappa shape index (κ1) is 16.2. The van der Waals surface area contributed by atoms with E-state index in [1.165, 1.54) is 5.56 Å².